The van der Waals surface area contributed by atoms with Gasteiger partial charge in [-0.3, -0.25) is 9.59 Å². The molecule has 7 nitrogen and oxygen atoms in total. The Balaban J connectivity index is 1.76. The van der Waals surface area contributed by atoms with Gasteiger partial charge in [-0.25, -0.2) is 0 Å². The Morgan fingerprint density at radius 3 is 2.95 bits per heavy atom. The molecule has 3 rings (SSSR count). The Hall–Kier alpha value is -1.99. The highest BCUT2D eigenvalue weighted by Crippen LogP contribution is 2.40. The van der Waals surface area contributed by atoms with Gasteiger partial charge >= 0.3 is 5.97 Å². The Morgan fingerprint density at radius 2 is 2.18 bits per heavy atom. The number of aliphatic carboxylic acids is 1. The zero-order valence-electron chi connectivity index (χ0n) is 11.6. The van der Waals surface area contributed by atoms with Crippen LogP contribution in [0.3, 0.4) is 0 Å². The van der Waals surface area contributed by atoms with Crippen molar-refractivity contribution in [1.82, 2.24) is 4.90 Å². The van der Waals surface area contributed by atoms with E-state index in [-0.39, 0.29) is 25.7 Å². The van der Waals surface area contributed by atoms with Crippen LogP contribution in [0.15, 0.2) is 12.1 Å². The van der Waals surface area contributed by atoms with Gasteiger partial charge in [-0.15, -0.1) is 0 Å². The van der Waals surface area contributed by atoms with E-state index < -0.39 is 12.1 Å². The van der Waals surface area contributed by atoms with Crippen molar-refractivity contribution in [2.24, 2.45) is 0 Å². The SMILES string of the molecule is O=C(O)CC1CN(C(=O)c2cc(Cl)c3c(c2)OCO3)CCO1. The zero-order chi connectivity index (χ0) is 15.7. The molecular weight excluding hydrogens is 314 g/mol. The molecule has 2 aliphatic heterocycles. The lowest BCUT2D eigenvalue weighted by molar-refractivity contribution is -0.141. The number of nitrogens with zero attached hydrogens (tertiary/aromatic N) is 1. The largest absolute Gasteiger partial charge is 0.481 e. The number of carbonyl (C=O) groups is 2. The summed E-state index contributed by atoms with van der Waals surface area (Å²) in [5.74, 6) is -0.320. The van der Waals surface area contributed by atoms with Gasteiger partial charge in [0.2, 0.25) is 6.79 Å². The maximum Gasteiger partial charge on any atom is 0.306 e. The normalized spacial score (nSPS) is 20.0. The van der Waals surface area contributed by atoms with Crippen LogP contribution in [0.25, 0.3) is 0 Å². The fourth-order valence-corrected chi connectivity index (χ4v) is 2.76. The highest BCUT2D eigenvalue weighted by molar-refractivity contribution is 6.32. The minimum Gasteiger partial charge on any atom is -0.481 e. The number of hydrogen-bond donors (Lipinski definition) is 1. The summed E-state index contributed by atoms with van der Waals surface area (Å²) in [6.07, 6.45) is -0.634. The van der Waals surface area contributed by atoms with Crippen LogP contribution in [0.4, 0.5) is 0 Å². The fourth-order valence-electron chi connectivity index (χ4n) is 2.50. The molecule has 1 saturated heterocycles. The zero-order valence-corrected chi connectivity index (χ0v) is 12.3. The molecule has 0 radical (unpaired) electrons. The number of benzene rings is 1. The predicted octanol–water partition coefficient (Wildman–Crippen LogP) is 1.38. The van der Waals surface area contributed by atoms with Crippen LogP contribution >= 0.6 is 11.6 Å². The van der Waals surface area contributed by atoms with Crippen LogP contribution in [0, 0.1) is 0 Å². The summed E-state index contributed by atoms with van der Waals surface area (Å²) in [5.41, 5.74) is 0.380. The van der Waals surface area contributed by atoms with Gasteiger partial charge < -0.3 is 24.2 Å². The maximum absolute atomic E-state index is 12.6. The lowest BCUT2D eigenvalue weighted by Gasteiger charge is -2.32. The van der Waals surface area contributed by atoms with Crippen molar-refractivity contribution in [3.05, 3.63) is 22.7 Å². The van der Waals surface area contributed by atoms with Gasteiger partial charge in [-0.05, 0) is 12.1 Å². The number of morpholine rings is 1. The minimum absolute atomic E-state index is 0.0743. The standard InChI is InChI=1S/C14H14ClNO6/c15-10-3-8(4-11-13(10)22-7-21-11)14(19)16-1-2-20-9(6-16)5-12(17)18/h3-4,9H,1-2,5-7H2,(H,17,18). The van der Waals surface area contributed by atoms with Gasteiger partial charge in [0.15, 0.2) is 11.5 Å². The molecule has 1 N–H and O–H groups in total. The molecule has 0 aliphatic carbocycles. The van der Waals surface area contributed by atoms with E-state index in [0.29, 0.717) is 35.2 Å². The molecule has 1 fully saturated rings. The number of hydrogen-bond acceptors (Lipinski definition) is 5. The fraction of sp³-hybridized carbons (Fsp3) is 0.429. The number of carboxylic acids is 1. The first-order valence-electron chi connectivity index (χ1n) is 6.76. The molecule has 0 spiro atoms. The lowest BCUT2D eigenvalue weighted by Crippen LogP contribution is -2.46. The third kappa shape index (κ3) is 2.95. The summed E-state index contributed by atoms with van der Waals surface area (Å²) in [6, 6.07) is 3.11. The van der Waals surface area contributed by atoms with Crippen LogP contribution in [-0.2, 0) is 9.53 Å². The molecule has 0 saturated carbocycles. The molecule has 118 valence electrons. The average molecular weight is 328 g/mol. The number of ether oxygens (including phenoxy) is 3. The Bertz CT molecular complexity index is 620. The molecule has 1 atom stereocenters. The van der Waals surface area contributed by atoms with Crippen LogP contribution in [0.5, 0.6) is 11.5 Å². The van der Waals surface area contributed by atoms with Crippen LogP contribution in [0.1, 0.15) is 16.8 Å². The molecule has 1 aromatic carbocycles. The van der Waals surface area contributed by atoms with Gasteiger partial charge in [-0.1, -0.05) is 11.6 Å². The number of amides is 1. The molecule has 8 heteroatoms. The second-order valence-corrected chi connectivity index (χ2v) is 5.44. The Labute approximate surface area is 131 Å². The van der Waals surface area contributed by atoms with Crippen molar-refractivity contribution in [1.29, 1.82) is 0 Å². The van der Waals surface area contributed by atoms with Crippen molar-refractivity contribution >= 4 is 23.5 Å². The molecule has 1 unspecified atom stereocenters. The lowest BCUT2D eigenvalue weighted by atomic mass is 10.1. The molecule has 22 heavy (non-hydrogen) atoms. The summed E-state index contributed by atoms with van der Waals surface area (Å²) in [6.45, 7) is 1.02. The summed E-state index contributed by atoms with van der Waals surface area (Å²) < 4.78 is 15.8. The number of carbonyl (C=O) groups excluding carboxylic acids is 1. The Morgan fingerprint density at radius 1 is 1.36 bits per heavy atom. The molecule has 0 aromatic heterocycles. The van der Waals surface area contributed by atoms with Crippen molar-refractivity contribution in [3.8, 4) is 11.5 Å². The van der Waals surface area contributed by atoms with Crippen molar-refractivity contribution in [3.63, 3.8) is 0 Å². The third-order valence-corrected chi connectivity index (χ3v) is 3.78. The van der Waals surface area contributed by atoms with E-state index in [4.69, 9.17) is 30.9 Å². The van der Waals surface area contributed by atoms with Gasteiger partial charge in [0.05, 0.1) is 24.2 Å². The van der Waals surface area contributed by atoms with Crippen molar-refractivity contribution < 1.29 is 28.9 Å². The van der Waals surface area contributed by atoms with E-state index in [9.17, 15) is 9.59 Å². The molecule has 2 heterocycles. The van der Waals surface area contributed by atoms with Gasteiger partial charge in [0.25, 0.3) is 5.91 Å². The van der Waals surface area contributed by atoms with E-state index in [0.717, 1.165) is 0 Å². The van der Waals surface area contributed by atoms with Crippen LogP contribution in [0.2, 0.25) is 5.02 Å². The molecule has 1 aromatic rings. The average Bonchev–Trinajstić information content (AvgIpc) is 2.95. The second-order valence-electron chi connectivity index (χ2n) is 5.03. The molecule has 1 amide bonds. The van der Waals surface area contributed by atoms with Crippen molar-refractivity contribution in [2.45, 2.75) is 12.5 Å². The summed E-state index contributed by atoms with van der Waals surface area (Å²) in [5, 5.41) is 9.13. The quantitative estimate of drug-likeness (QED) is 0.903. The van der Waals surface area contributed by atoms with Crippen LogP contribution < -0.4 is 9.47 Å². The predicted molar refractivity (Wildman–Crippen MR) is 75.5 cm³/mol. The van der Waals surface area contributed by atoms with Crippen molar-refractivity contribution in [2.75, 3.05) is 26.5 Å². The van der Waals surface area contributed by atoms with Gasteiger partial charge in [0, 0.05) is 18.7 Å². The van der Waals surface area contributed by atoms with E-state index >= 15 is 0 Å². The number of rotatable bonds is 3. The summed E-state index contributed by atoms with van der Waals surface area (Å²) in [7, 11) is 0. The van der Waals surface area contributed by atoms with E-state index in [1.807, 2.05) is 0 Å². The van der Waals surface area contributed by atoms with E-state index in [1.165, 1.54) is 6.07 Å². The minimum atomic E-state index is -0.953. The number of fused-ring (bicyclic) bond motifs is 1. The van der Waals surface area contributed by atoms with E-state index in [1.54, 1.807) is 11.0 Å². The molecule has 0 bridgehead atoms. The Kier molecular flexibility index (Phi) is 4.08. The summed E-state index contributed by atoms with van der Waals surface area (Å²) in [4.78, 5) is 24.9. The van der Waals surface area contributed by atoms with Crippen LogP contribution in [-0.4, -0.2) is 54.5 Å². The topological polar surface area (TPSA) is 85.3 Å². The second kappa shape index (κ2) is 6.02. The highest BCUT2D eigenvalue weighted by Gasteiger charge is 2.28. The smallest absolute Gasteiger partial charge is 0.306 e. The first-order chi connectivity index (χ1) is 10.5. The monoisotopic (exact) mass is 327 g/mol. The summed E-state index contributed by atoms with van der Waals surface area (Å²) >= 11 is 6.08. The van der Waals surface area contributed by atoms with Gasteiger partial charge in [0.1, 0.15) is 0 Å². The molecule has 2 aliphatic rings. The third-order valence-electron chi connectivity index (χ3n) is 3.50. The number of halogens is 1. The highest BCUT2D eigenvalue weighted by atomic mass is 35.5. The van der Waals surface area contributed by atoms with Gasteiger partial charge in [-0.2, -0.15) is 0 Å². The first-order valence-corrected chi connectivity index (χ1v) is 7.14. The maximum atomic E-state index is 12.6. The number of carboxylic acid groups (broad SMARTS) is 1. The first kappa shape index (κ1) is 14.9. The molecular formula is C14H14ClNO6. The van der Waals surface area contributed by atoms with E-state index in [2.05, 4.69) is 0 Å².